The molecule has 1 unspecified atom stereocenters. The summed E-state index contributed by atoms with van der Waals surface area (Å²) in [5, 5.41) is 28.1. The molecule has 11 rings (SSSR count). The smallest absolute Gasteiger partial charge is 0.268 e. The molecule has 4 aliphatic rings. The number of aromatic nitrogens is 5. The molecular formula is C59H70ClFN11O8S-. The van der Waals surface area contributed by atoms with Gasteiger partial charge in [-0.25, -0.2) is 27.5 Å². The molecule has 4 fully saturated rings. The number of hydrogen-bond acceptors (Lipinski definition) is 16. The zero-order chi connectivity index (χ0) is 57.0. The number of anilines is 3. The van der Waals surface area contributed by atoms with Crippen LogP contribution in [0.1, 0.15) is 111 Å². The van der Waals surface area contributed by atoms with Crippen LogP contribution in [0.15, 0.2) is 84.1 Å². The molecular weight excluding hydrogens is 1080 g/mol. The van der Waals surface area contributed by atoms with Crippen LogP contribution < -0.4 is 34.2 Å². The summed E-state index contributed by atoms with van der Waals surface area (Å²) < 4.78 is 63.7. The van der Waals surface area contributed by atoms with Gasteiger partial charge in [0.2, 0.25) is 5.88 Å². The second-order valence-corrected chi connectivity index (χ2v) is 25.2. The molecule has 5 N–H and O–H groups in total. The largest absolute Gasteiger partial charge is 0.758 e. The molecule has 2 aliphatic heterocycles. The highest BCUT2D eigenvalue weighted by atomic mass is 35.5. The molecule has 3 aromatic carbocycles. The maximum absolute atomic E-state index is 15.0. The molecule has 7 aromatic rings. The van der Waals surface area contributed by atoms with Crippen molar-refractivity contribution in [3.05, 3.63) is 118 Å². The van der Waals surface area contributed by atoms with Crippen LogP contribution in [0.4, 0.5) is 21.5 Å². The number of sulfonamides is 1. The molecule has 4 aromatic heterocycles. The quantitative estimate of drug-likeness (QED) is 0.0422. The zero-order valence-corrected chi connectivity index (χ0v) is 48.1. The van der Waals surface area contributed by atoms with Crippen LogP contribution in [-0.2, 0) is 16.6 Å². The average Bonchev–Trinajstić information content (AvgIpc) is 4.29. The van der Waals surface area contributed by atoms with E-state index in [-0.39, 0.29) is 68.1 Å². The SMILES string of the molecule is COc1cc(CN2CCN(C3CC4(CCN(c5ccc(C(=O)NS(=O)(=O)c6cc(N(C)[O-])c(NCC7CCC(C)(O)CC7)c7[nH]cnc67)c(Oc6cc7c(F)c[nH]c7nc6OC)c5)CC4)C3)C(c3ccccc3C(C)C)C2)cc(Cl)n1. The highest BCUT2D eigenvalue weighted by molar-refractivity contribution is 7.90. The van der Waals surface area contributed by atoms with Crippen molar-refractivity contribution in [1.82, 2.24) is 39.4 Å². The van der Waals surface area contributed by atoms with Crippen LogP contribution in [0.2, 0.25) is 5.15 Å². The van der Waals surface area contributed by atoms with Gasteiger partial charge in [0.15, 0.2) is 5.75 Å². The number of fused-ring (bicyclic) bond motifs is 2. The minimum absolute atomic E-state index is 0.00287. The molecule has 2 aliphatic carbocycles. The summed E-state index contributed by atoms with van der Waals surface area (Å²) in [5.41, 5.74) is 4.73. The third-order valence-electron chi connectivity index (χ3n) is 17.3. The van der Waals surface area contributed by atoms with Crippen LogP contribution in [-0.4, -0.2) is 126 Å². The number of nitrogens with zero attached hydrogens (tertiary/aromatic N) is 7. The molecule has 81 heavy (non-hydrogen) atoms. The number of amides is 1. The predicted molar refractivity (Wildman–Crippen MR) is 311 cm³/mol. The molecule has 0 bridgehead atoms. The van der Waals surface area contributed by atoms with Crippen molar-refractivity contribution in [2.75, 3.05) is 75.8 Å². The highest BCUT2D eigenvalue weighted by Gasteiger charge is 2.50. The van der Waals surface area contributed by atoms with Gasteiger partial charge in [0.05, 0.1) is 54.0 Å². The number of aliphatic hydroxyl groups is 1. The van der Waals surface area contributed by atoms with Crippen molar-refractivity contribution < 1.29 is 36.9 Å². The van der Waals surface area contributed by atoms with Gasteiger partial charge in [-0.3, -0.25) is 14.6 Å². The van der Waals surface area contributed by atoms with Gasteiger partial charge in [-0.2, -0.15) is 4.98 Å². The number of imidazole rings is 1. The van der Waals surface area contributed by atoms with Crippen molar-refractivity contribution in [3.8, 4) is 23.3 Å². The number of ether oxygens (including phenoxy) is 3. The molecule has 2 saturated carbocycles. The van der Waals surface area contributed by atoms with Crippen LogP contribution in [0.25, 0.3) is 22.1 Å². The van der Waals surface area contributed by atoms with Gasteiger partial charge in [-0.1, -0.05) is 49.7 Å². The monoisotopic (exact) mass is 1150 g/mol. The standard InChI is InChI=1S/C59H70ClFN11O8S/c1-35(2)40-9-7-8-10-41(40)46-33-70(32-37-23-50(60)66-51(24-37)78-5)21-22-72(46)39-28-59(29-39)17-19-71(20-18-59)38-11-12-42(47(25-38)80-48-26-43-44(61)31-63-55(43)67-57(48)79-6)56(73)68-81(76,77)49-27-45(69(4)75)52(54-53(49)64-34-65-54)62-30-36-13-15-58(3,74)16-14-36/h7-12,23-27,31,34-36,39,46,62,74H,13-22,28-30,32-33H2,1-6H3,(H,63,67)(H,64,65)(H,68,73)/q-1. The Morgan fingerprint density at radius 2 is 1.74 bits per heavy atom. The number of aromatic amines is 2. The van der Waals surface area contributed by atoms with Gasteiger partial charge < -0.3 is 49.8 Å². The molecule has 430 valence electrons. The van der Waals surface area contributed by atoms with E-state index in [1.807, 2.05) is 19.1 Å². The van der Waals surface area contributed by atoms with E-state index in [0.29, 0.717) is 53.1 Å². The molecule has 6 heterocycles. The van der Waals surface area contributed by atoms with Crippen LogP contribution in [0.3, 0.4) is 0 Å². The summed E-state index contributed by atoms with van der Waals surface area (Å²) in [7, 11) is -0.473. The zero-order valence-electron chi connectivity index (χ0n) is 46.5. The molecule has 0 radical (unpaired) electrons. The highest BCUT2D eigenvalue weighted by Crippen LogP contribution is 2.54. The fourth-order valence-corrected chi connectivity index (χ4v) is 14.2. The number of benzene rings is 3. The Balaban J connectivity index is 0.828. The fraction of sp³-hybridized carbons (Fsp3) is 0.458. The molecule has 1 atom stereocenters. The minimum Gasteiger partial charge on any atom is -0.758 e. The molecule has 1 spiro atoms. The summed E-state index contributed by atoms with van der Waals surface area (Å²) in [6.45, 7) is 11.7. The van der Waals surface area contributed by atoms with Gasteiger partial charge in [-0.15, -0.1) is 0 Å². The second-order valence-electron chi connectivity index (χ2n) is 23.1. The summed E-state index contributed by atoms with van der Waals surface area (Å²) in [5.74, 6) is -0.543. The number of carbonyl (C=O) groups is 1. The van der Waals surface area contributed by atoms with Gasteiger partial charge in [-0.05, 0) is 124 Å². The van der Waals surface area contributed by atoms with E-state index in [4.69, 9.17) is 25.8 Å². The Morgan fingerprint density at radius 3 is 2.47 bits per heavy atom. The predicted octanol–water partition coefficient (Wildman–Crippen LogP) is 10.3. The summed E-state index contributed by atoms with van der Waals surface area (Å²) in [6, 6.07) is 21.0. The van der Waals surface area contributed by atoms with Gasteiger partial charge in [0.25, 0.3) is 21.8 Å². The van der Waals surface area contributed by atoms with E-state index >= 15 is 4.39 Å². The lowest BCUT2D eigenvalue weighted by molar-refractivity contribution is -0.0628. The first kappa shape index (κ1) is 56.1. The number of methoxy groups -OCH3 is 2. The van der Waals surface area contributed by atoms with E-state index in [1.54, 1.807) is 19.2 Å². The first-order valence-corrected chi connectivity index (χ1v) is 29.7. The summed E-state index contributed by atoms with van der Waals surface area (Å²) >= 11 is 6.41. The van der Waals surface area contributed by atoms with E-state index in [0.717, 1.165) is 89.0 Å². The third kappa shape index (κ3) is 11.6. The number of pyridine rings is 2. The normalized spacial score (nSPS) is 20.9. The minimum atomic E-state index is -4.73. The second kappa shape index (κ2) is 22.5. The number of hydrogen-bond donors (Lipinski definition) is 5. The number of halogens is 2. The number of H-pyrrole nitrogens is 2. The van der Waals surface area contributed by atoms with Crippen molar-refractivity contribution in [1.29, 1.82) is 0 Å². The van der Waals surface area contributed by atoms with E-state index in [9.17, 15) is 23.5 Å². The Morgan fingerprint density at radius 1 is 0.975 bits per heavy atom. The lowest BCUT2D eigenvalue weighted by atomic mass is 9.59. The topological polar surface area (TPSA) is 229 Å². The van der Waals surface area contributed by atoms with E-state index in [2.05, 4.69) is 87.8 Å². The first-order valence-electron chi connectivity index (χ1n) is 27.8. The number of rotatable bonds is 17. The lowest BCUT2D eigenvalue weighted by Crippen LogP contribution is -2.60. The summed E-state index contributed by atoms with van der Waals surface area (Å²) in [6.07, 6.45) is 9.38. The van der Waals surface area contributed by atoms with Crippen LogP contribution >= 0.6 is 11.6 Å². The van der Waals surface area contributed by atoms with Crippen LogP contribution in [0.5, 0.6) is 23.3 Å². The number of hydroxylamine groups is 1. The number of carbonyl (C=O) groups excluding carboxylic acids is 1. The van der Waals surface area contributed by atoms with Crippen molar-refractivity contribution in [2.45, 2.75) is 107 Å². The van der Waals surface area contributed by atoms with Crippen molar-refractivity contribution in [3.63, 3.8) is 0 Å². The summed E-state index contributed by atoms with van der Waals surface area (Å²) in [4.78, 5) is 40.5. The Kier molecular flexibility index (Phi) is 15.6. The van der Waals surface area contributed by atoms with Gasteiger partial charge in [0, 0.05) is 88.0 Å². The first-order chi connectivity index (χ1) is 38.8. The number of piperazine rings is 1. The Labute approximate surface area is 476 Å². The van der Waals surface area contributed by atoms with Crippen LogP contribution in [0, 0.1) is 22.4 Å². The maximum Gasteiger partial charge on any atom is 0.268 e. The average molecular weight is 1150 g/mol. The van der Waals surface area contributed by atoms with Crippen molar-refractivity contribution in [2.24, 2.45) is 11.3 Å². The van der Waals surface area contributed by atoms with Crippen molar-refractivity contribution >= 4 is 66.7 Å². The number of nitrogens with one attached hydrogen (secondary N) is 4. The molecule has 1 amide bonds. The molecule has 22 heteroatoms. The lowest BCUT2D eigenvalue weighted by Gasteiger charge is -2.58. The van der Waals surface area contributed by atoms with Gasteiger partial charge >= 0.3 is 0 Å². The Hall–Kier alpha value is -6.75. The molecule has 19 nitrogen and oxygen atoms in total. The third-order valence-corrected chi connectivity index (χ3v) is 18.9. The Bertz CT molecular complexity index is 3570. The van der Waals surface area contributed by atoms with Gasteiger partial charge in [0.1, 0.15) is 32.8 Å². The molecule has 2 saturated heterocycles. The fourth-order valence-electron chi connectivity index (χ4n) is 12.8. The van der Waals surface area contributed by atoms with E-state index < -0.39 is 32.2 Å². The number of piperidine rings is 1. The van der Waals surface area contributed by atoms with E-state index in [1.165, 1.54) is 56.0 Å². The maximum atomic E-state index is 15.0.